The predicted molar refractivity (Wildman–Crippen MR) is 134 cm³/mol. The highest BCUT2D eigenvalue weighted by Gasteiger charge is 2.28. The minimum absolute atomic E-state index is 0.0363. The second-order valence-corrected chi connectivity index (χ2v) is 8.90. The fraction of sp³-hybridized carbons (Fsp3) is 0.448. The smallest absolute Gasteiger partial charge is 0.305 e. The van der Waals surface area contributed by atoms with Crippen molar-refractivity contribution in [3.05, 3.63) is 83.4 Å². The molecule has 182 valence electrons. The molecule has 5 nitrogen and oxygen atoms in total. The predicted octanol–water partition coefficient (Wildman–Crippen LogP) is 5.37. The van der Waals surface area contributed by atoms with Crippen LogP contribution in [0.4, 0.5) is 0 Å². The molecule has 5 heteroatoms. The normalized spacial score (nSPS) is 16.8. The van der Waals surface area contributed by atoms with Crippen LogP contribution in [0.5, 0.6) is 0 Å². The van der Waals surface area contributed by atoms with Gasteiger partial charge in [0.05, 0.1) is 18.8 Å². The van der Waals surface area contributed by atoms with Gasteiger partial charge in [0.1, 0.15) is 0 Å². The number of carbonyl (C=O) groups is 2. The Bertz CT molecular complexity index is 940. The van der Waals surface area contributed by atoms with Gasteiger partial charge in [-0.15, -0.1) is 0 Å². The van der Waals surface area contributed by atoms with E-state index in [0.29, 0.717) is 19.4 Å². The quantitative estimate of drug-likeness (QED) is 0.246. The highest BCUT2D eigenvalue weighted by molar-refractivity contribution is 5.79. The fourth-order valence-corrected chi connectivity index (χ4v) is 4.45. The molecule has 1 amide bonds. The lowest BCUT2D eigenvalue weighted by molar-refractivity contribution is -0.143. The summed E-state index contributed by atoms with van der Waals surface area (Å²) in [4.78, 5) is 25.7. The zero-order valence-corrected chi connectivity index (χ0v) is 20.2. The molecule has 0 saturated carbocycles. The fourth-order valence-electron chi connectivity index (χ4n) is 4.45. The Labute approximate surface area is 203 Å². The number of nitrogens with zero attached hydrogens (tertiary/aromatic N) is 1. The van der Waals surface area contributed by atoms with Crippen LogP contribution in [-0.2, 0) is 20.7 Å². The van der Waals surface area contributed by atoms with Crippen molar-refractivity contribution in [2.45, 2.75) is 70.4 Å². The Morgan fingerprint density at radius 2 is 1.85 bits per heavy atom. The summed E-state index contributed by atoms with van der Waals surface area (Å²) in [6, 6.07) is 18.4. The molecule has 1 aliphatic rings. The highest BCUT2D eigenvalue weighted by Crippen LogP contribution is 2.23. The van der Waals surface area contributed by atoms with E-state index in [0.717, 1.165) is 56.2 Å². The van der Waals surface area contributed by atoms with Crippen LogP contribution in [0, 0.1) is 0 Å². The van der Waals surface area contributed by atoms with Crippen molar-refractivity contribution in [2.24, 2.45) is 0 Å². The number of aliphatic hydroxyl groups excluding tert-OH is 1. The lowest BCUT2D eigenvalue weighted by Gasteiger charge is -2.22. The molecule has 1 saturated heterocycles. The maximum atomic E-state index is 12.4. The molecule has 0 spiro atoms. The summed E-state index contributed by atoms with van der Waals surface area (Å²) >= 11 is 0. The number of carbonyl (C=O) groups excluding carboxylic acids is 2. The number of amides is 1. The molecule has 2 unspecified atom stereocenters. The van der Waals surface area contributed by atoms with E-state index in [1.54, 1.807) is 0 Å². The maximum Gasteiger partial charge on any atom is 0.305 e. The monoisotopic (exact) mass is 463 g/mol. The van der Waals surface area contributed by atoms with Gasteiger partial charge >= 0.3 is 5.97 Å². The lowest BCUT2D eigenvalue weighted by atomic mass is 10.00. The van der Waals surface area contributed by atoms with Crippen LogP contribution < -0.4 is 0 Å². The minimum atomic E-state index is -0.698. The SMILES string of the molecule is CCOC(=O)CCCCCCN1C(=O)CCC1C=CC(O)c1cccc(Cc2ccccc2)c1. The number of ether oxygens (including phenoxy) is 1. The first-order valence-corrected chi connectivity index (χ1v) is 12.5. The largest absolute Gasteiger partial charge is 0.466 e. The molecule has 2 aromatic carbocycles. The Kier molecular flexibility index (Phi) is 10.4. The first-order chi connectivity index (χ1) is 16.6. The average Bonchev–Trinajstić information content (AvgIpc) is 3.20. The topological polar surface area (TPSA) is 66.8 Å². The number of unbranched alkanes of at least 4 members (excludes halogenated alkanes) is 3. The van der Waals surface area contributed by atoms with Gasteiger partial charge in [-0.1, -0.05) is 79.6 Å². The van der Waals surface area contributed by atoms with Gasteiger partial charge in [-0.3, -0.25) is 9.59 Å². The Morgan fingerprint density at radius 3 is 2.65 bits per heavy atom. The van der Waals surface area contributed by atoms with Crippen LogP contribution in [0.25, 0.3) is 0 Å². The van der Waals surface area contributed by atoms with E-state index in [1.807, 2.05) is 54.3 Å². The van der Waals surface area contributed by atoms with Crippen LogP contribution in [0.1, 0.15) is 74.7 Å². The molecule has 0 radical (unpaired) electrons. The first kappa shape index (κ1) is 25.7. The van der Waals surface area contributed by atoms with Gasteiger partial charge in [0.15, 0.2) is 0 Å². The van der Waals surface area contributed by atoms with Crippen LogP contribution in [0.2, 0.25) is 0 Å². The minimum Gasteiger partial charge on any atom is -0.466 e. The van der Waals surface area contributed by atoms with Crippen molar-refractivity contribution in [3.8, 4) is 0 Å². The molecular weight excluding hydrogens is 426 g/mol. The highest BCUT2D eigenvalue weighted by atomic mass is 16.5. The number of esters is 1. The molecule has 3 rings (SSSR count). The Balaban J connectivity index is 1.47. The van der Waals surface area contributed by atoms with Gasteiger partial charge < -0.3 is 14.7 Å². The number of hydrogen-bond acceptors (Lipinski definition) is 4. The lowest BCUT2D eigenvalue weighted by Crippen LogP contribution is -2.32. The van der Waals surface area contributed by atoms with Gasteiger partial charge in [-0.2, -0.15) is 0 Å². The molecule has 1 fully saturated rings. The average molecular weight is 464 g/mol. The Hall–Kier alpha value is -2.92. The number of hydrogen-bond donors (Lipinski definition) is 1. The number of aliphatic hydroxyl groups is 1. The molecule has 2 atom stereocenters. The van der Waals surface area contributed by atoms with Gasteiger partial charge in [0.25, 0.3) is 0 Å². The van der Waals surface area contributed by atoms with Crippen molar-refractivity contribution in [1.29, 1.82) is 0 Å². The van der Waals surface area contributed by atoms with Gasteiger partial charge in [0, 0.05) is 19.4 Å². The summed E-state index contributed by atoms with van der Waals surface area (Å²) in [6.45, 7) is 2.96. The molecule has 1 aliphatic heterocycles. The van der Waals surface area contributed by atoms with Crippen molar-refractivity contribution in [2.75, 3.05) is 13.2 Å². The van der Waals surface area contributed by atoms with Gasteiger partial charge in [-0.25, -0.2) is 0 Å². The Morgan fingerprint density at radius 1 is 1.09 bits per heavy atom. The summed E-state index contributed by atoms with van der Waals surface area (Å²) in [7, 11) is 0. The van der Waals surface area contributed by atoms with Crippen molar-refractivity contribution in [1.82, 2.24) is 4.90 Å². The summed E-state index contributed by atoms with van der Waals surface area (Å²) in [5.74, 6) is 0.0482. The number of rotatable bonds is 13. The van der Waals surface area contributed by atoms with Gasteiger partial charge in [0.2, 0.25) is 5.91 Å². The second-order valence-electron chi connectivity index (χ2n) is 8.90. The zero-order chi connectivity index (χ0) is 24.2. The molecule has 2 aromatic rings. The van der Waals surface area contributed by atoms with E-state index in [-0.39, 0.29) is 17.9 Å². The van der Waals surface area contributed by atoms with E-state index in [2.05, 4.69) is 24.3 Å². The van der Waals surface area contributed by atoms with Crippen LogP contribution in [0.15, 0.2) is 66.7 Å². The van der Waals surface area contributed by atoms with E-state index < -0.39 is 6.10 Å². The third-order valence-corrected chi connectivity index (χ3v) is 6.27. The summed E-state index contributed by atoms with van der Waals surface area (Å²) < 4.78 is 4.95. The van der Waals surface area contributed by atoms with E-state index in [9.17, 15) is 14.7 Å². The third-order valence-electron chi connectivity index (χ3n) is 6.27. The maximum absolute atomic E-state index is 12.4. The molecule has 0 aliphatic carbocycles. The van der Waals surface area contributed by atoms with E-state index in [4.69, 9.17) is 4.74 Å². The van der Waals surface area contributed by atoms with Crippen molar-refractivity contribution in [3.63, 3.8) is 0 Å². The standard InChI is InChI=1S/C29H37NO4/c1-2-34-29(33)15-8-3-4-9-20-30-26(17-19-28(30)32)16-18-27(31)25-14-10-13-24(22-25)21-23-11-6-5-7-12-23/h5-7,10-14,16,18,22,26-27,31H,2-4,8-9,15,17,19-21H2,1H3. The third kappa shape index (κ3) is 8.14. The van der Waals surface area contributed by atoms with E-state index in [1.165, 1.54) is 5.56 Å². The van der Waals surface area contributed by atoms with E-state index >= 15 is 0 Å². The molecule has 1 heterocycles. The second kappa shape index (κ2) is 13.7. The first-order valence-electron chi connectivity index (χ1n) is 12.5. The summed E-state index contributed by atoms with van der Waals surface area (Å²) in [5.41, 5.74) is 3.27. The summed E-state index contributed by atoms with van der Waals surface area (Å²) in [6.07, 6.45) is 9.43. The van der Waals surface area contributed by atoms with Crippen molar-refractivity contribution >= 4 is 11.9 Å². The molecule has 1 N–H and O–H groups in total. The van der Waals surface area contributed by atoms with Crippen LogP contribution in [0.3, 0.4) is 0 Å². The van der Waals surface area contributed by atoms with Crippen molar-refractivity contribution < 1.29 is 19.4 Å². The number of likely N-dealkylation sites (tertiary alicyclic amines) is 1. The molecular formula is C29H37NO4. The van der Waals surface area contributed by atoms with Gasteiger partial charge in [-0.05, 0) is 49.3 Å². The summed E-state index contributed by atoms with van der Waals surface area (Å²) in [5, 5.41) is 10.8. The van der Waals surface area contributed by atoms with Crippen LogP contribution >= 0.6 is 0 Å². The zero-order valence-electron chi connectivity index (χ0n) is 20.2. The number of benzene rings is 2. The molecule has 34 heavy (non-hydrogen) atoms. The molecule has 0 bridgehead atoms. The van der Waals surface area contributed by atoms with Crippen LogP contribution in [-0.4, -0.2) is 41.1 Å². The molecule has 0 aromatic heterocycles.